The number of pyridine rings is 2. The van der Waals surface area contributed by atoms with Gasteiger partial charge in [0.2, 0.25) is 0 Å². The number of carbonyl (C=O) groups is 1. The summed E-state index contributed by atoms with van der Waals surface area (Å²) >= 11 is 0. The van der Waals surface area contributed by atoms with E-state index >= 15 is 0 Å². The molecule has 0 unspecified atom stereocenters. The molecule has 4 aromatic heterocycles. The van der Waals surface area contributed by atoms with Gasteiger partial charge in [-0.3, -0.25) is 4.79 Å². The number of rotatable bonds is 6. The number of aromatic nitrogens is 5. The quantitative estimate of drug-likeness (QED) is 0.441. The molecule has 5 rings (SSSR count). The molecule has 8 nitrogen and oxygen atoms in total. The average molecular weight is 424 g/mol. The molecule has 10 heteroatoms. The van der Waals surface area contributed by atoms with Crippen LogP contribution in [0.15, 0.2) is 48.9 Å². The molecule has 1 aliphatic rings. The average Bonchev–Trinajstić information content (AvgIpc) is 3.18. The molecule has 0 spiro atoms. The van der Waals surface area contributed by atoms with Gasteiger partial charge in [0.25, 0.3) is 5.91 Å². The lowest BCUT2D eigenvalue weighted by Crippen LogP contribution is -2.33. The maximum atomic E-state index is 12.8. The Morgan fingerprint density at radius 3 is 2.84 bits per heavy atom. The van der Waals surface area contributed by atoms with Crippen LogP contribution in [-0.4, -0.2) is 47.9 Å². The van der Waals surface area contributed by atoms with Crippen LogP contribution in [0.2, 0.25) is 0 Å². The van der Waals surface area contributed by atoms with E-state index in [4.69, 9.17) is 0 Å². The number of H-pyrrole nitrogens is 1. The number of fused-ring (bicyclic) bond motifs is 1. The zero-order valence-corrected chi connectivity index (χ0v) is 16.2. The molecule has 158 valence electrons. The van der Waals surface area contributed by atoms with E-state index in [1.54, 1.807) is 30.5 Å². The van der Waals surface area contributed by atoms with Crippen LogP contribution in [-0.2, 0) is 0 Å². The zero-order chi connectivity index (χ0) is 21.6. The molecule has 0 saturated heterocycles. The Labute approximate surface area is 175 Å². The van der Waals surface area contributed by atoms with E-state index in [-0.39, 0.29) is 18.1 Å². The van der Waals surface area contributed by atoms with Crippen molar-refractivity contribution < 1.29 is 18.7 Å². The first-order chi connectivity index (χ1) is 14.9. The van der Waals surface area contributed by atoms with E-state index in [1.807, 2.05) is 6.07 Å². The number of amides is 1. The van der Waals surface area contributed by atoms with Gasteiger partial charge in [0.15, 0.2) is 0 Å². The predicted octanol–water partition coefficient (Wildman–Crippen LogP) is 3.14. The second-order valence-corrected chi connectivity index (χ2v) is 7.65. The number of nitrogens with zero attached hydrogens (tertiary/aromatic N) is 4. The smallest absolute Gasteiger partial charge is 0.333 e. The number of aromatic amines is 1. The predicted molar refractivity (Wildman–Crippen MR) is 108 cm³/mol. The van der Waals surface area contributed by atoms with Crippen LogP contribution in [0.4, 0.5) is 8.78 Å². The summed E-state index contributed by atoms with van der Waals surface area (Å²) in [6, 6.07) is 8.77. The van der Waals surface area contributed by atoms with Crippen molar-refractivity contribution in [3.05, 3.63) is 54.6 Å². The summed E-state index contributed by atoms with van der Waals surface area (Å²) in [5.41, 5.74) is 2.48. The molecule has 1 fully saturated rings. The van der Waals surface area contributed by atoms with Gasteiger partial charge >= 0.3 is 6.55 Å². The molecule has 31 heavy (non-hydrogen) atoms. The van der Waals surface area contributed by atoms with Crippen LogP contribution in [0.1, 0.15) is 29.9 Å². The summed E-state index contributed by atoms with van der Waals surface area (Å²) < 4.78 is 26.1. The fourth-order valence-corrected chi connectivity index (χ4v) is 3.27. The van der Waals surface area contributed by atoms with Crippen molar-refractivity contribution in [1.29, 1.82) is 0 Å². The maximum Gasteiger partial charge on any atom is 0.333 e. The van der Waals surface area contributed by atoms with Crippen molar-refractivity contribution in [3.63, 3.8) is 0 Å². The highest BCUT2D eigenvalue weighted by Crippen LogP contribution is 2.34. The number of aliphatic hydroxyl groups is 1. The molecular formula is C21H18F2N6O2. The van der Waals surface area contributed by atoms with E-state index in [2.05, 4.69) is 25.4 Å². The van der Waals surface area contributed by atoms with Crippen molar-refractivity contribution in [1.82, 2.24) is 30.0 Å². The van der Waals surface area contributed by atoms with Gasteiger partial charge in [0.1, 0.15) is 11.3 Å². The lowest BCUT2D eigenvalue weighted by atomic mass is 10.1. The first-order valence-electron chi connectivity index (χ1n) is 9.70. The molecule has 1 amide bonds. The first kappa shape index (κ1) is 19.3. The Balaban J connectivity index is 1.40. The van der Waals surface area contributed by atoms with Gasteiger partial charge in [0.05, 0.1) is 23.2 Å². The van der Waals surface area contributed by atoms with Crippen molar-refractivity contribution in [2.75, 3.05) is 6.54 Å². The van der Waals surface area contributed by atoms with E-state index in [0.717, 1.165) is 5.39 Å². The molecule has 0 bridgehead atoms. The molecule has 3 N–H and O–H groups in total. The largest absolute Gasteiger partial charge is 0.388 e. The second kappa shape index (κ2) is 7.24. The highest BCUT2D eigenvalue weighted by Gasteiger charge is 2.40. The fourth-order valence-electron chi connectivity index (χ4n) is 3.27. The van der Waals surface area contributed by atoms with Crippen LogP contribution >= 0.6 is 0 Å². The first-order valence-corrected chi connectivity index (χ1v) is 9.70. The maximum absolute atomic E-state index is 12.8. The molecule has 0 atom stereocenters. The van der Waals surface area contributed by atoms with Crippen LogP contribution in [0.25, 0.3) is 33.5 Å². The van der Waals surface area contributed by atoms with Gasteiger partial charge in [-0.2, -0.15) is 13.9 Å². The van der Waals surface area contributed by atoms with Gasteiger partial charge in [-0.05, 0) is 37.1 Å². The number of alkyl halides is 2. The number of hydrogen-bond acceptors (Lipinski definition) is 5. The Kier molecular flexibility index (Phi) is 4.51. The minimum absolute atomic E-state index is 0.208. The normalized spacial score (nSPS) is 14.8. The number of hydrogen-bond donors (Lipinski definition) is 3. The van der Waals surface area contributed by atoms with Crippen LogP contribution in [0, 0.1) is 0 Å². The van der Waals surface area contributed by atoms with E-state index < -0.39 is 12.2 Å². The third-order valence-electron chi connectivity index (χ3n) is 5.27. The van der Waals surface area contributed by atoms with Gasteiger partial charge in [-0.25, -0.2) is 14.6 Å². The molecule has 0 aliphatic heterocycles. The summed E-state index contributed by atoms with van der Waals surface area (Å²) in [7, 11) is 0. The number of halogens is 2. The Bertz CT molecular complexity index is 1280. The zero-order valence-electron chi connectivity index (χ0n) is 16.2. The van der Waals surface area contributed by atoms with Gasteiger partial charge in [-0.1, -0.05) is 6.07 Å². The minimum atomic E-state index is -2.70. The lowest BCUT2D eigenvalue weighted by Gasteiger charge is -2.09. The Morgan fingerprint density at radius 2 is 2.10 bits per heavy atom. The topological polar surface area (TPSA) is 109 Å². The van der Waals surface area contributed by atoms with Gasteiger partial charge in [-0.15, -0.1) is 0 Å². The van der Waals surface area contributed by atoms with Crippen LogP contribution in [0.5, 0.6) is 0 Å². The standard InChI is InChI=1S/C21H18F2N6O2/c22-20(23)29-10-14(9-26-29)17-7-12-6-13(8-24-18(12)28-17)15-2-1-3-16(27-15)19(30)25-11-21(31)4-5-21/h1-3,6-10,20,31H,4-5,11H2,(H,24,28)(H,25,30). The number of nitrogens with one attached hydrogen (secondary N) is 2. The Morgan fingerprint density at radius 1 is 1.26 bits per heavy atom. The molecule has 4 aromatic rings. The highest BCUT2D eigenvalue weighted by atomic mass is 19.3. The van der Waals surface area contributed by atoms with Crippen molar-refractivity contribution in [3.8, 4) is 22.5 Å². The summed E-state index contributed by atoms with van der Waals surface area (Å²) in [5.74, 6) is -0.351. The number of carbonyl (C=O) groups excluding carboxylic acids is 1. The third kappa shape index (κ3) is 3.89. The van der Waals surface area contributed by atoms with Crippen LogP contribution < -0.4 is 5.32 Å². The lowest BCUT2D eigenvalue weighted by molar-refractivity contribution is 0.0566. The third-order valence-corrected chi connectivity index (χ3v) is 5.27. The van der Waals surface area contributed by atoms with Crippen molar-refractivity contribution >= 4 is 16.9 Å². The molecular weight excluding hydrogens is 406 g/mol. The van der Waals surface area contributed by atoms with E-state index in [0.29, 0.717) is 45.7 Å². The minimum Gasteiger partial charge on any atom is -0.388 e. The highest BCUT2D eigenvalue weighted by molar-refractivity contribution is 5.93. The van der Waals surface area contributed by atoms with Gasteiger partial charge in [0, 0.05) is 35.5 Å². The van der Waals surface area contributed by atoms with E-state index in [1.165, 1.54) is 12.4 Å². The monoisotopic (exact) mass is 424 g/mol. The Hall–Kier alpha value is -3.66. The summed E-state index contributed by atoms with van der Waals surface area (Å²) in [4.78, 5) is 24.3. The van der Waals surface area contributed by atoms with Crippen LogP contribution in [0.3, 0.4) is 0 Å². The SMILES string of the molecule is O=C(NCC1(O)CC1)c1cccc(-c2cnc3[nH]c(-c4cnn(C(F)F)c4)cc3c2)n1. The molecule has 4 heterocycles. The summed E-state index contributed by atoms with van der Waals surface area (Å²) in [6.07, 6.45) is 5.63. The molecule has 1 aliphatic carbocycles. The summed E-state index contributed by atoms with van der Waals surface area (Å²) in [5, 5.41) is 17.0. The van der Waals surface area contributed by atoms with E-state index in [9.17, 15) is 18.7 Å². The van der Waals surface area contributed by atoms with Crippen molar-refractivity contribution in [2.24, 2.45) is 0 Å². The second-order valence-electron chi connectivity index (χ2n) is 7.65. The fraction of sp³-hybridized carbons (Fsp3) is 0.238. The van der Waals surface area contributed by atoms with Crippen molar-refractivity contribution in [2.45, 2.75) is 25.0 Å². The summed E-state index contributed by atoms with van der Waals surface area (Å²) in [6.45, 7) is -2.50. The molecule has 0 aromatic carbocycles. The molecule has 1 saturated carbocycles. The van der Waals surface area contributed by atoms with Gasteiger partial charge < -0.3 is 15.4 Å². The molecule has 0 radical (unpaired) electrons.